The van der Waals surface area contributed by atoms with E-state index in [1.807, 2.05) is 6.07 Å². The summed E-state index contributed by atoms with van der Waals surface area (Å²) in [6.07, 6.45) is -5.08. The van der Waals surface area contributed by atoms with Gasteiger partial charge in [-0.2, -0.15) is 21.9 Å². The number of sulfonamides is 1. The Balaban J connectivity index is 0.000000384. The Morgan fingerprint density at radius 2 is 1.81 bits per heavy atom. The second-order valence-electron chi connectivity index (χ2n) is 7.63. The average Bonchev–Trinajstić information content (AvgIpc) is 3.32. The summed E-state index contributed by atoms with van der Waals surface area (Å²) in [4.78, 5) is 11.2. The number of carboxylic acids is 1. The van der Waals surface area contributed by atoms with Crippen molar-refractivity contribution in [3.8, 4) is 5.75 Å². The summed E-state index contributed by atoms with van der Waals surface area (Å²) in [7, 11) is -3.87. The molecule has 3 heterocycles. The molecule has 0 bridgehead atoms. The van der Waals surface area contributed by atoms with Crippen molar-refractivity contribution in [2.24, 2.45) is 0 Å². The second-order valence-corrected chi connectivity index (χ2v) is 10.4. The molecule has 2 aromatic carbocycles. The molecular formula is C20H19ClF3N5O5S2. The smallest absolute Gasteiger partial charge is 0.487 e. The lowest BCUT2D eigenvalue weighted by molar-refractivity contribution is -0.192. The lowest BCUT2D eigenvalue weighted by Gasteiger charge is -2.36. The summed E-state index contributed by atoms with van der Waals surface area (Å²) in [5, 5.41) is 10.9. The summed E-state index contributed by atoms with van der Waals surface area (Å²) in [6.45, 7) is 3.76. The number of anilines is 2. The lowest BCUT2D eigenvalue weighted by Crippen LogP contribution is -2.44. The third kappa shape index (κ3) is 5.28. The van der Waals surface area contributed by atoms with Gasteiger partial charge in [0.25, 0.3) is 10.0 Å². The number of ether oxygens (including phenoxy) is 1. The number of alkyl halides is 3. The largest absolute Gasteiger partial charge is 0.490 e. The summed E-state index contributed by atoms with van der Waals surface area (Å²) in [6, 6.07) is 8.49. The first-order valence-electron chi connectivity index (χ1n) is 10.5. The Labute approximate surface area is 212 Å². The molecule has 3 aromatic rings. The maximum absolute atomic E-state index is 13.6. The molecule has 36 heavy (non-hydrogen) atoms. The molecule has 1 fully saturated rings. The fourth-order valence-corrected chi connectivity index (χ4v) is 6.15. The Kier molecular flexibility index (Phi) is 7.45. The van der Waals surface area contributed by atoms with Gasteiger partial charge < -0.3 is 20.1 Å². The number of nitrogens with one attached hydrogen (secondary N) is 1. The van der Waals surface area contributed by atoms with Gasteiger partial charge in [-0.3, -0.25) is 4.31 Å². The van der Waals surface area contributed by atoms with Crippen LogP contribution in [0.5, 0.6) is 5.75 Å². The normalized spacial score (nSPS) is 16.1. The maximum atomic E-state index is 13.6. The molecular weight excluding hydrogens is 547 g/mol. The molecule has 194 valence electrons. The van der Waals surface area contributed by atoms with Gasteiger partial charge in [-0.1, -0.05) is 17.7 Å². The zero-order chi connectivity index (χ0) is 26.1. The van der Waals surface area contributed by atoms with Crippen LogP contribution >= 0.6 is 23.3 Å². The number of hydrogen-bond donors (Lipinski definition) is 2. The molecule has 2 N–H and O–H groups in total. The minimum atomic E-state index is -5.08. The Bertz CT molecular complexity index is 1380. The molecule has 16 heteroatoms. The third-order valence-electron chi connectivity index (χ3n) is 5.34. The number of aromatic nitrogens is 2. The van der Waals surface area contributed by atoms with Crippen LogP contribution in [0.1, 0.15) is 0 Å². The summed E-state index contributed by atoms with van der Waals surface area (Å²) >= 11 is 7.40. The Morgan fingerprint density at radius 3 is 2.47 bits per heavy atom. The molecule has 2 aliphatic rings. The Morgan fingerprint density at radius 1 is 1.14 bits per heavy atom. The molecule has 5 rings (SSSR count). The molecule has 10 nitrogen and oxygen atoms in total. The van der Waals surface area contributed by atoms with Crippen LogP contribution in [0.15, 0.2) is 35.2 Å². The fraction of sp³-hybridized carbons (Fsp3) is 0.350. The molecule has 0 radical (unpaired) electrons. The standard InChI is InChI=1S/C18H18ClN5O3S2.C2HF3O2/c19-12-10-14(23-6-4-20-5-7-23)18-15(11-12)24(8-9-27-18)29(25,26)16-3-1-2-13-17(16)22-28-21-13;3-2(4,5)1(6)7/h1-3,10-11,20H,4-9H2;(H,6,7). The number of fused-ring (bicyclic) bond motifs is 2. The van der Waals surface area contributed by atoms with Crippen LogP contribution in [0.25, 0.3) is 11.0 Å². The van der Waals surface area contributed by atoms with Crippen LogP contribution in [0, 0.1) is 0 Å². The van der Waals surface area contributed by atoms with Gasteiger partial charge in [-0.15, -0.1) is 0 Å². The van der Waals surface area contributed by atoms with Crippen molar-refractivity contribution in [2.45, 2.75) is 11.1 Å². The minimum Gasteiger partial charge on any atom is -0.487 e. The predicted octanol–water partition coefficient (Wildman–Crippen LogP) is 2.98. The summed E-state index contributed by atoms with van der Waals surface area (Å²) in [5.74, 6) is -2.21. The molecule has 0 aliphatic carbocycles. The van der Waals surface area contributed by atoms with E-state index in [9.17, 15) is 21.6 Å². The molecule has 1 aromatic heterocycles. The van der Waals surface area contributed by atoms with Gasteiger partial charge in [0.1, 0.15) is 22.5 Å². The third-order valence-corrected chi connectivity index (χ3v) is 7.95. The quantitative estimate of drug-likeness (QED) is 0.493. The van der Waals surface area contributed by atoms with Gasteiger partial charge in [-0.25, -0.2) is 13.2 Å². The lowest BCUT2D eigenvalue weighted by atomic mass is 10.2. The van der Waals surface area contributed by atoms with E-state index in [1.165, 1.54) is 4.31 Å². The number of carbonyl (C=O) groups is 1. The predicted molar refractivity (Wildman–Crippen MR) is 128 cm³/mol. The number of benzene rings is 2. The van der Waals surface area contributed by atoms with Crippen LogP contribution < -0.4 is 19.3 Å². The number of halogens is 4. The molecule has 0 amide bonds. The van der Waals surface area contributed by atoms with E-state index >= 15 is 0 Å². The first kappa shape index (κ1) is 26.2. The second kappa shape index (κ2) is 10.2. The average molecular weight is 566 g/mol. The zero-order valence-corrected chi connectivity index (χ0v) is 20.7. The zero-order valence-electron chi connectivity index (χ0n) is 18.3. The van der Waals surface area contributed by atoms with Crippen molar-refractivity contribution in [3.63, 3.8) is 0 Å². The first-order valence-corrected chi connectivity index (χ1v) is 13.0. The van der Waals surface area contributed by atoms with Crippen molar-refractivity contribution in [1.29, 1.82) is 0 Å². The highest BCUT2D eigenvalue weighted by molar-refractivity contribution is 7.93. The Hall–Kier alpha value is -2.88. The molecule has 0 saturated carbocycles. The first-order chi connectivity index (χ1) is 17.0. The molecule has 0 atom stereocenters. The van der Waals surface area contributed by atoms with Gasteiger partial charge >= 0.3 is 12.1 Å². The van der Waals surface area contributed by atoms with Crippen LogP contribution in [0.4, 0.5) is 24.5 Å². The van der Waals surface area contributed by atoms with E-state index in [0.717, 1.165) is 43.6 Å². The molecule has 0 spiro atoms. The highest BCUT2D eigenvalue weighted by Crippen LogP contribution is 2.45. The van der Waals surface area contributed by atoms with Crippen molar-refractivity contribution in [1.82, 2.24) is 14.1 Å². The van der Waals surface area contributed by atoms with Crippen molar-refractivity contribution in [3.05, 3.63) is 35.4 Å². The molecule has 1 saturated heterocycles. The number of hydrogen-bond acceptors (Lipinski definition) is 9. The van der Waals surface area contributed by atoms with Crippen molar-refractivity contribution >= 4 is 61.7 Å². The topological polar surface area (TPSA) is 125 Å². The van der Waals surface area contributed by atoms with E-state index in [0.29, 0.717) is 27.5 Å². The van der Waals surface area contributed by atoms with Crippen molar-refractivity contribution < 1.29 is 36.2 Å². The van der Waals surface area contributed by atoms with E-state index < -0.39 is 22.2 Å². The summed E-state index contributed by atoms with van der Waals surface area (Å²) < 4.78 is 74.6. The number of aliphatic carboxylic acids is 1. The molecule has 2 aliphatic heterocycles. The van der Waals surface area contributed by atoms with Gasteiger partial charge in [-0.05, 0) is 24.3 Å². The number of carboxylic acid groups (broad SMARTS) is 1. The number of rotatable bonds is 3. The van der Waals surface area contributed by atoms with E-state index in [-0.39, 0.29) is 18.0 Å². The van der Waals surface area contributed by atoms with Crippen LogP contribution in [0.3, 0.4) is 0 Å². The fourth-order valence-electron chi connectivity index (χ4n) is 3.75. The number of piperazine rings is 1. The molecule has 0 unspecified atom stereocenters. The number of nitrogens with zero attached hydrogens (tertiary/aromatic N) is 4. The summed E-state index contributed by atoms with van der Waals surface area (Å²) in [5.41, 5.74) is 2.23. The van der Waals surface area contributed by atoms with E-state index in [4.69, 9.17) is 26.2 Å². The van der Waals surface area contributed by atoms with Crippen molar-refractivity contribution in [2.75, 3.05) is 48.5 Å². The van der Waals surface area contributed by atoms with Crippen LogP contribution in [0.2, 0.25) is 5.02 Å². The van der Waals surface area contributed by atoms with Gasteiger partial charge in [0.15, 0.2) is 5.75 Å². The van der Waals surface area contributed by atoms with E-state index in [2.05, 4.69) is 19.0 Å². The van der Waals surface area contributed by atoms with Crippen LogP contribution in [-0.2, 0) is 14.8 Å². The van der Waals surface area contributed by atoms with Crippen LogP contribution in [-0.4, -0.2) is 73.7 Å². The maximum Gasteiger partial charge on any atom is 0.490 e. The highest BCUT2D eigenvalue weighted by atomic mass is 35.5. The SMILES string of the molecule is O=C(O)C(F)(F)F.O=S(=O)(c1cccc2nsnc12)N1CCOc2c(N3CCNCC3)cc(Cl)cc21. The highest BCUT2D eigenvalue weighted by Gasteiger charge is 2.38. The minimum absolute atomic E-state index is 0.139. The monoisotopic (exact) mass is 565 g/mol. The van der Waals surface area contributed by atoms with E-state index in [1.54, 1.807) is 24.3 Å². The van der Waals surface area contributed by atoms with Gasteiger partial charge in [0, 0.05) is 31.2 Å². The van der Waals surface area contributed by atoms with Gasteiger partial charge in [0.05, 0.1) is 29.6 Å². The van der Waals surface area contributed by atoms with Gasteiger partial charge in [0.2, 0.25) is 0 Å².